The Hall–Kier alpha value is -3.22. The lowest BCUT2D eigenvalue weighted by atomic mass is 10.0. The molecule has 126 valence electrons. The third-order valence-electron chi connectivity index (χ3n) is 3.42. The van der Waals surface area contributed by atoms with E-state index in [9.17, 15) is 24.9 Å². The van der Waals surface area contributed by atoms with Crippen LogP contribution in [0.2, 0.25) is 0 Å². The highest BCUT2D eigenvalue weighted by atomic mass is 16.5. The number of phenols is 2. The van der Waals surface area contributed by atoms with Gasteiger partial charge in [-0.25, -0.2) is 9.59 Å². The highest BCUT2D eigenvalue weighted by Crippen LogP contribution is 2.26. The molecule has 0 fully saturated rings. The molecule has 0 amide bonds. The molecular weight excluding hydrogens is 314 g/mol. The summed E-state index contributed by atoms with van der Waals surface area (Å²) < 4.78 is 4.60. The summed E-state index contributed by atoms with van der Waals surface area (Å²) in [5.41, 5.74) is 0.993. The second kappa shape index (κ2) is 7.36. The predicted molar refractivity (Wildman–Crippen MR) is 86.3 cm³/mol. The molecule has 4 N–H and O–H groups in total. The number of carboxylic acid groups (broad SMARTS) is 1. The summed E-state index contributed by atoms with van der Waals surface area (Å²) in [6.07, 6.45) is 0.123. The van der Waals surface area contributed by atoms with Crippen LogP contribution in [0, 0.1) is 0 Å². The minimum atomic E-state index is -1.12. The number of nitrogens with one attached hydrogen (secondary N) is 1. The summed E-state index contributed by atoms with van der Waals surface area (Å²) in [5.74, 6) is -1.81. The maximum absolute atomic E-state index is 11.5. The van der Waals surface area contributed by atoms with E-state index in [1.54, 1.807) is 12.1 Å². The zero-order chi connectivity index (χ0) is 17.7. The molecule has 2 aromatic rings. The maximum atomic E-state index is 11.5. The average Bonchev–Trinajstić information content (AvgIpc) is 2.57. The molecule has 0 aliphatic carbocycles. The van der Waals surface area contributed by atoms with Crippen LogP contribution in [0.25, 0.3) is 0 Å². The van der Waals surface area contributed by atoms with Crippen molar-refractivity contribution in [1.29, 1.82) is 0 Å². The molecule has 0 bridgehead atoms. The molecule has 7 heteroatoms. The molecule has 0 aliphatic rings. The maximum Gasteiger partial charge on any atom is 0.337 e. The zero-order valence-electron chi connectivity index (χ0n) is 12.9. The second-order valence-corrected chi connectivity index (χ2v) is 5.13. The van der Waals surface area contributed by atoms with E-state index in [2.05, 4.69) is 10.1 Å². The number of hydrogen-bond donors (Lipinski definition) is 4. The van der Waals surface area contributed by atoms with Gasteiger partial charge in [0.15, 0.2) is 0 Å². The summed E-state index contributed by atoms with van der Waals surface area (Å²) in [6.45, 7) is 0. The molecule has 7 nitrogen and oxygen atoms in total. The number of aliphatic carboxylic acids is 1. The fraction of sp³-hybridized carbons (Fsp3) is 0.176. The number of hydrogen-bond acceptors (Lipinski definition) is 6. The first-order valence-corrected chi connectivity index (χ1v) is 7.09. The Balaban J connectivity index is 2.22. The van der Waals surface area contributed by atoms with Crippen LogP contribution in [0.15, 0.2) is 42.5 Å². The molecule has 2 rings (SSSR count). The quantitative estimate of drug-likeness (QED) is 0.472. The minimum absolute atomic E-state index is 0.0852. The van der Waals surface area contributed by atoms with Crippen LogP contribution in [0.5, 0.6) is 11.5 Å². The van der Waals surface area contributed by atoms with Crippen molar-refractivity contribution in [2.45, 2.75) is 12.5 Å². The Labute approximate surface area is 138 Å². The van der Waals surface area contributed by atoms with E-state index in [0.29, 0.717) is 5.56 Å². The lowest BCUT2D eigenvalue weighted by molar-refractivity contribution is -0.137. The number of aromatic hydroxyl groups is 2. The summed E-state index contributed by atoms with van der Waals surface area (Å²) in [7, 11) is 1.23. The SMILES string of the molecule is COC(=O)c1ccc(O)c(N[C@@H](Cc2ccc(O)cc2)C(=O)O)c1. The topological polar surface area (TPSA) is 116 Å². The van der Waals surface area contributed by atoms with E-state index < -0.39 is 18.0 Å². The van der Waals surface area contributed by atoms with Crippen molar-refractivity contribution in [3.63, 3.8) is 0 Å². The fourth-order valence-electron chi connectivity index (χ4n) is 2.15. The largest absolute Gasteiger partial charge is 0.508 e. The Morgan fingerprint density at radius 2 is 1.79 bits per heavy atom. The number of carbonyl (C=O) groups is 2. The molecule has 1 atom stereocenters. The van der Waals surface area contributed by atoms with Crippen molar-refractivity contribution in [1.82, 2.24) is 0 Å². The molecule has 0 radical (unpaired) electrons. The van der Waals surface area contributed by atoms with Gasteiger partial charge in [-0.15, -0.1) is 0 Å². The standard InChI is InChI=1S/C17H17NO6/c1-24-17(23)11-4-7-15(20)13(9-11)18-14(16(21)22)8-10-2-5-12(19)6-3-10/h2-7,9,14,18-20H,8H2,1H3,(H,21,22)/t14-/m0/s1. The molecule has 0 aromatic heterocycles. The Morgan fingerprint density at radius 3 is 2.38 bits per heavy atom. The smallest absolute Gasteiger partial charge is 0.337 e. The molecular formula is C17H17NO6. The van der Waals surface area contributed by atoms with Crippen LogP contribution in [-0.2, 0) is 16.0 Å². The molecule has 0 saturated carbocycles. The van der Waals surface area contributed by atoms with Crippen LogP contribution in [-0.4, -0.2) is 40.4 Å². The normalized spacial score (nSPS) is 11.5. The summed E-state index contributed by atoms with van der Waals surface area (Å²) in [6, 6.07) is 9.10. The Bertz CT molecular complexity index is 741. The van der Waals surface area contributed by atoms with Crippen LogP contribution < -0.4 is 5.32 Å². The van der Waals surface area contributed by atoms with Crippen LogP contribution in [0.1, 0.15) is 15.9 Å². The molecule has 24 heavy (non-hydrogen) atoms. The summed E-state index contributed by atoms with van der Waals surface area (Å²) in [4.78, 5) is 23.0. The van der Waals surface area contributed by atoms with Gasteiger partial charge >= 0.3 is 11.9 Å². The first-order valence-electron chi connectivity index (χ1n) is 7.09. The zero-order valence-corrected chi connectivity index (χ0v) is 12.9. The van der Waals surface area contributed by atoms with Crippen molar-refractivity contribution in [2.75, 3.05) is 12.4 Å². The van der Waals surface area contributed by atoms with Crippen molar-refractivity contribution in [3.8, 4) is 11.5 Å². The van der Waals surface area contributed by atoms with Gasteiger partial charge < -0.3 is 25.4 Å². The van der Waals surface area contributed by atoms with Gasteiger partial charge in [-0.2, -0.15) is 0 Å². The monoisotopic (exact) mass is 331 g/mol. The first-order chi connectivity index (χ1) is 11.4. The summed E-state index contributed by atoms with van der Waals surface area (Å²) in [5, 5.41) is 31.2. The first kappa shape index (κ1) is 17.1. The van der Waals surface area contributed by atoms with E-state index in [1.165, 1.54) is 37.4 Å². The minimum Gasteiger partial charge on any atom is -0.508 e. The van der Waals surface area contributed by atoms with Gasteiger partial charge in [0.2, 0.25) is 0 Å². The third-order valence-corrected chi connectivity index (χ3v) is 3.42. The van der Waals surface area contributed by atoms with E-state index in [4.69, 9.17) is 0 Å². The van der Waals surface area contributed by atoms with E-state index in [-0.39, 0.29) is 29.2 Å². The van der Waals surface area contributed by atoms with E-state index >= 15 is 0 Å². The number of benzene rings is 2. The number of methoxy groups -OCH3 is 1. The molecule has 0 heterocycles. The van der Waals surface area contributed by atoms with Crippen molar-refractivity contribution < 1.29 is 29.6 Å². The highest BCUT2D eigenvalue weighted by molar-refractivity contribution is 5.91. The predicted octanol–water partition coefficient (Wildman–Crippen LogP) is 1.99. The highest BCUT2D eigenvalue weighted by Gasteiger charge is 2.20. The van der Waals surface area contributed by atoms with Crippen LogP contribution in [0.4, 0.5) is 5.69 Å². The van der Waals surface area contributed by atoms with Gasteiger partial charge in [0, 0.05) is 6.42 Å². The number of ether oxygens (including phenoxy) is 1. The Morgan fingerprint density at radius 1 is 1.12 bits per heavy atom. The number of phenolic OH excluding ortho intramolecular Hbond substituents is 2. The lowest BCUT2D eigenvalue weighted by Crippen LogP contribution is -2.31. The molecule has 0 unspecified atom stereocenters. The van der Waals surface area contributed by atoms with Crippen molar-refractivity contribution >= 4 is 17.6 Å². The number of esters is 1. The van der Waals surface area contributed by atoms with Crippen LogP contribution in [0.3, 0.4) is 0 Å². The Kier molecular flexibility index (Phi) is 5.26. The van der Waals surface area contributed by atoms with Crippen molar-refractivity contribution in [3.05, 3.63) is 53.6 Å². The molecule has 0 aliphatic heterocycles. The van der Waals surface area contributed by atoms with Gasteiger partial charge in [-0.3, -0.25) is 0 Å². The number of carboxylic acids is 1. The van der Waals surface area contributed by atoms with Crippen molar-refractivity contribution in [2.24, 2.45) is 0 Å². The van der Waals surface area contributed by atoms with Gasteiger partial charge in [-0.1, -0.05) is 12.1 Å². The van der Waals surface area contributed by atoms with Gasteiger partial charge in [0.25, 0.3) is 0 Å². The van der Waals surface area contributed by atoms with E-state index in [1.807, 2.05) is 0 Å². The molecule has 0 spiro atoms. The van der Waals surface area contributed by atoms with Crippen LogP contribution >= 0.6 is 0 Å². The summed E-state index contributed by atoms with van der Waals surface area (Å²) >= 11 is 0. The number of carbonyl (C=O) groups excluding carboxylic acids is 1. The number of rotatable bonds is 6. The second-order valence-electron chi connectivity index (χ2n) is 5.13. The van der Waals surface area contributed by atoms with Gasteiger partial charge in [-0.05, 0) is 35.9 Å². The van der Waals surface area contributed by atoms with Gasteiger partial charge in [0.1, 0.15) is 17.5 Å². The van der Waals surface area contributed by atoms with E-state index in [0.717, 1.165) is 0 Å². The molecule has 2 aromatic carbocycles. The average molecular weight is 331 g/mol. The third kappa shape index (κ3) is 4.16. The molecule has 0 saturated heterocycles. The lowest BCUT2D eigenvalue weighted by Gasteiger charge is -2.17. The fourth-order valence-corrected chi connectivity index (χ4v) is 2.15. The number of anilines is 1. The van der Waals surface area contributed by atoms with Gasteiger partial charge in [0.05, 0.1) is 18.4 Å².